The fraction of sp³-hybridized carbons (Fsp3) is 0. The van der Waals surface area contributed by atoms with Crippen LogP contribution in [0.3, 0.4) is 0 Å². The zero-order valence-corrected chi connectivity index (χ0v) is 39.0. The molecule has 0 aliphatic carbocycles. The van der Waals surface area contributed by atoms with Gasteiger partial charge in [-0.05, 0) is 109 Å². The maximum atomic E-state index is 2.52. The number of hydrogen-bond donors (Lipinski definition) is 0. The predicted octanol–water partition coefficient (Wildman–Crippen LogP) is 14.3. The predicted molar refractivity (Wildman–Crippen MR) is 295 cm³/mol. The average Bonchev–Trinajstić information content (AvgIpc) is 3.95. The lowest BCUT2D eigenvalue weighted by atomic mass is 9.98. The first kappa shape index (κ1) is 40.5. The van der Waals surface area contributed by atoms with E-state index in [4.69, 9.17) is 0 Å². The van der Waals surface area contributed by atoms with E-state index in [1.807, 2.05) is 0 Å². The molecule has 0 spiro atoms. The third-order valence-electron chi connectivity index (χ3n) is 14.2. The van der Waals surface area contributed by atoms with E-state index >= 15 is 0 Å². The Bertz CT molecular complexity index is 3820. The molecule has 69 heavy (non-hydrogen) atoms. The van der Waals surface area contributed by atoms with E-state index in [9.17, 15) is 0 Å². The molecule has 13 aromatic rings. The number of para-hydroxylation sites is 1. The third kappa shape index (κ3) is 6.70. The Kier molecular flexibility index (Phi) is 9.88. The first-order valence-electron chi connectivity index (χ1n) is 23.8. The largest absolute Gasteiger partial charge is 0.309 e. The lowest BCUT2D eigenvalue weighted by Crippen LogP contribution is -2.74. The van der Waals surface area contributed by atoms with E-state index in [1.165, 1.54) is 92.2 Å². The van der Waals surface area contributed by atoms with Crippen LogP contribution in [0.5, 0.6) is 0 Å². The minimum atomic E-state index is -2.77. The van der Waals surface area contributed by atoms with Crippen LogP contribution < -0.4 is 20.7 Å². The van der Waals surface area contributed by atoms with Gasteiger partial charge in [-0.3, -0.25) is 0 Å². The number of hydrogen-bond acceptors (Lipinski definition) is 0. The first-order chi connectivity index (χ1) is 34.2. The zero-order chi connectivity index (χ0) is 45.7. The summed E-state index contributed by atoms with van der Waals surface area (Å²) in [5, 5.41) is 10.4. The summed E-state index contributed by atoms with van der Waals surface area (Å²) >= 11 is 0. The highest BCUT2D eigenvalue weighted by molar-refractivity contribution is 7.20. The summed E-state index contributed by atoms with van der Waals surface area (Å²) in [4.78, 5) is 0. The van der Waals surface area contributed by atoms with Crippen LogP contribution in [0.1, 0.15) is 0 Å². The molecule has 2 nitrogen and oxygen atoms in total. The van der Waals surface area contributed by atoms with Gasteiger partial charge in [-0.25, -0.2) is 0 Å². The minimum absolute atomic E-state index is 1.13. The quantitative estimate of drug-likeness (QED) is 0.101. The van der Waals surface area contributed by atoms with Crippen LogP contribution in [-0.4, -0.2) is 17.2 Å². The molecule has 0 aliphatic heterocycles. The van der Waals surface area contributed by atoms with Crippen molar-refractivity contribution in [1.29, 1.82) is 0 Å². The van der Waals surface area contributed by atoms with E-state index in [0.29, 0.717) is 0 Å². The number of aromatic nitrogens is 2. The van der Waals surface area contributed by atoms with E-state index < -0.39 is 8.07 Å². The van der Waals surface area contributed by atoms with Gasteiger partial charge in [0.1, 0.15) is 0 Å². The summed E-state index contributed by atoms with van der Waals surface area (Å²) in [6.45, 7) is 0. The van der Waals surface area contributed by atoms with Crippen molar-refractivity contribution < 1.29 is 0 Å². The molecular weight excluding hydrogens is 849 g/mol. The number of rotatable bonds is 9. The van der Waals surface area contributed by atoms with Gasteiger partial charge in [0, 0.05) is 32.9 Å². The van der Waals surface area contributed by atoms with Crippen molar-refractivity contribution in [2.45, 2.75) is 0 Å². The highest BCUT2D eigenvalue weighted by Gasteiger charge is 2.41. The summed E-state index contributed by atoms with van der Waals surface area (Å²) in [5.41, 5.74) is 14.1. The van der Waals surface area contributed by atoms with Gasteiger partial charge in [-0.2, -0.15) is 0 Å². The van der Waals surface area contributed by atoms with E-state index in [-0.39, 0.29) is 0 Å². The van der Waals surface area contributed by atoms with Gasteiger partial charge in [0.05, 0.1) is 22.1 Å². The van der Waals surface area contributed by atoms with Crippen molar-refractivity contribution in [3.63, 3.8) is 0 Å². The van der Waals surface area contributed by atoms with Crippen LogP contribution in [0.25, 0.3) is 88.4 Å². The molecule has 0 amide bonds. The van der Waals surface area contributed by atoms with Crippen molar-refractivity contribution in [3.8, 4) is 44.8 Å². The summed E-state index contributed by atoms with van der Waals surface area (Å²) in [5.74, 6) is 0. The third-order valence-corrected chi connectivity index (χ3v) is 19.0. The Labute approximate surface area is 403 Å². The summed E-state index contributed by atoms with van der Waals surface area (Å²) in [6.07, 6.45) is 0. The second-order valence-corrected chi connectivity index (χ2v) is 21.8. The summed E-state index contributed by atoms with van der Waals surface area (Å²) in [7, 11) is -2.77. The van der Waals surface area contributed by atoms with E-state index in [2.05, 4.69) is 288 Å². The Morgan fingerprint density at radius 2 is 0.681 bits per heavy atom. The molecule has 2 aromatic heterocycles. The van der Waals surface area contributed by atoms with Gasteiger partial charge >= 0.3 is 0 Å². The highest BCUT2D eigenvalue weighted by atomic mass is 28.3. The van der Waals surface area contributed by atoms with Crippen molar-refractivity contribution in [2.75, 3.05) is 0 Å². The molecule has 0 unspecified atom stereocenters. The number of fused-ring (bicyclic) bond motifs is 6. The Morgan fingerprint density at radius 1 is 0.232 bits per heavy atom. The lowest BCUT2D eigenvalue weighted by molar-refractivity contribution is 1.17. The topological polar surface area (TPSA) is 9.86 Å². The van der Waals surface area contributed by atoms with Crippen LogP contribution in [0.2, 0.25) is 0 Å². The molecule has 13 rings (SSSR count). The van der Waals surface area contributed by atoms with Crippen LogP contribution in [-0.2, 0) is 0 Å². The molecule has 0 radical (unpaired) electrons. The first-order valence-corrected chi connectivity index (χ1v) is 25.8. The second kappa shape index (κ2) is 16.8. The second-order valence-electron chi connectivity index (χ2n) is 18.0. The average molecular weight is 895 g/mol. The maximum absolute atomic E-state index is 2.77. The van der Waals surface area contributed by atoms with Crippen LogP contribution >= 0.6 is 0 Å². The van der Waals surface area contributed by atoms with Crippen molar-refractivity contribution in [2.24, 2.45) is 0 Å². The summed E-state index contributed by atoms with van der Waals surface area (Å²) in [6, 6.07) is 103. The molecule has 2 heterocycles. The monoisotopic (exact) mass is 894 g/mol. The standard InChI is InChI=1S/C66H46N2Si/c1-7-22-47(23-8-1)50-42-51(48-24-9-2-10-25-48)44-53(43-50)68-64-40-38-52(45-61(64)66-58(35-21-37-65(66)68)49-26-11-3-12-27-49)67-62-36-20-19-34-59(62)60-46-57(39-41-63(60)67)69(54-28-13-4-14-29-54,55-30-15-5-16-31-55)56-32-17-6-18-33-56/h1-46H. The van der Waals surface area contributed by atoms with Crippen LogP contribution in [0.4, 0.5) is 0 Å². The molecule has 0 saturated carbocycles. The maximum Gasteiger partial charge on any atom is 0.179 e. The van der Waals surface area contributed by atoms with Crippen molar-refractivity contribution in [3.05, 3.63) is 279 Å². The van der Waals surface area contributed by atoms with Gasteiger partial charge in [0.2, 0.25) is 0 Å². The van der Waals surface area contributed by atoms with Gasteiger partial charge in [0.25, 0.3) is 0 Å². The van der Waals surface area contributed by atoms with Gasteiger partial charge < -0.3 is 9.13 Å². The molecule has 3 heteroatoms. The van der Waals surface area contributed by atoms with Crippen LogP contribution in [0, 0.1) is 0 Å². The Hall–Kier alpha value is -8.76. The normalized spacial score (nSPS) is 11.8. The fourth-order valence-corrected chi connectivity index (χ4v) is 16.0. The molecule has 11 aromatic carbocycles. The molecule has 324 valence electrons. The molecular formula is C66H46N2Si. The molecule has 0 atom stereocenters. The molecule has 0 fully saturated rings. The molecule has 0 aliphatic rings. The SMILES string of the molecule is c1ccc(-c2cc(-c3ccccc3)cc(-n3c4ccc(-n5c6ccccc6c6cc([Si](c7ccccc7)(c7ccccc7)c7ccccc7)ccc65)cc4c4c(-c5ccccc5)cccc43)c2)cc1. The lowest BCUT2D eigenvalue weighted by Gasteiger charge is -2.34. The van der Waals surface area contributed by atoms with Gasteiger partial charge in [-0.1, -0.05) is 224 Å². The van der Waals surface area contributed by atoms with Crippen molar-refractivity contribution >= 4 is 72.4 Å². The van der Waals surface area contributed by atoms with E-state index in [0.717, 1.165) is 16.9 Å². The number of benzene rings is 11. The molecule has 0 bridgehead atoms. The summed E-state index contributed by atoms with van der Waals surface area (Å²) < 4.78 is 4.97. The van der Waals surface area contributed by atoms with E-state index in [1.54, 1.807) is 0 Å². The smallest absolute Gasteiger partial charge is 0.179 e. The zero-order valence-electron chi connectivity index (χ0n) is 38.0. The van der Waals surface area contributed by atoms with Gasteiger partial charge in [0.15, 0.2) is 8.07 Å². The molecule has 0 saturated heterocycles. The molecule has 0 N–H and O–H groups in total. The minimum Gasteiger partial charge on any atom is -0.309 e. The Morgan fingerprint density at radius 3 is 1.26 bits per heavy atom. The highest BCUT2D eigenvalue weighted by Crippen LogP contribution is 2.42. The van der Waals surface area contributed by atoms with Gasteiger partial charge in [-0.15, -0.1) is 0 Å². The fourth-order valence-electron chi connectivity index (χ4n) is 11.2. The van der Waals surface area contributed by atoms with Crippen LogP contribution in [0.15, 0.2) is 279 Å². The number of nitrogens with zero attached hydrogens (tertiary/aromatic N) is 2. The Balaban J connectivity index is 1.08. The van der Waals surface area contributed by atoms with Crippen molar-refractivity contribution in [1.82, 2.24) is 9.13 Å².